The van der Waals surface area contributed by atoms with Gasteiger partial charge in [0.2, 0.25) is 0 Å². The molecule has 0 radical (unpaired) electrons. The number of hydrogen-bond acceptors (Lipinski definition) is 2. The van der Waals surface area contributed by atoms with Gasteiger partial charge in [-0.25, -0.2) is 5.84 Å². The van der Waals surface area contributed by atoms with Gasteiger partial charge in [0.05, 0.1) is 5.69 Å². The third-order valence-corrected chi connectivity index (χ3v) is 2.07. The first-order valence-electron chi connectivity index (χ1n) is 3.21. The Hall–Kier alpha value is -0.650. The van der Waals surface area contributed by atoms with Crippen LogP contribution >= 0.6 is 28.1 Å². The normalized spacial score (nSPS) is 9.50. The summed E-state index contributed by atoms with van der Waals surface area (Å²) in [5, 5.41) is 1.40. The highest BCUT2D eigenvalue weighted by Crippen LogP contribution is 2.15. The van der Waals surface area contributed by atoms with E-state index < -0.39 is 0 Å². The molecule has 1 aromatic carbocycles. The summed E-state index contributed by atoms with van der Waals surface area (Å²) in [7, 11) is 0. The zero-order valence-corrected chi connectivity index (χ0v) is 8.60. The van der Waals surface area contributed by atoms with E-state index in [0.29, 0.717) is 0 Å². The van der Waals surface area contributed by atoms with Gasteiger partial charge in [0, 0.05) is 4.47 Å². The van der Waals surface area contributed by atoms with Gasteiger partial charge in [0.1, 0.15) is 0 Å². The quantitative estimate of drug-likeness (QED) is 0.446. The predicted octanol–water partition coefficient (Wildman–Crippen LogP) is 1.37. The Bertz CT molecular complexity index is 285. The molecule has 12 heavy (non-hydrogen) atoms. The molecular weight excluding hydrogens is 238 g/mol. The third kappa shape index (κ3) is 2.17. The van der Waals surface area contributed by atoms with Crippen LogP contribution in [0.1, 0.15) is 0 Å². The van der Waals surface area contributed by atoms with Crippen LogP contribution in [0.15, 0.2) is 28.7 Å². The standard InChI is InChI=1S/C7H8BrN3S/c8-5-1-3-6(4-2-5)11(10)7(9)12/h1-4H,10H2,(H2,9,12). The van der Waals surface area contributed by atoms with Gasteiger partial charge in [0.15, 0.2) is 5.11 Å². The first kappa shape index (κ1) is 9.44. The van der Waals surface area contributed by atoms with Crippen LogP contribution < -0.4 is 16.6 Å². The Morgan fingerprint density at radius 1 is 1.33 bits per heavy atom. The number of nitrogens with two attached hydrogens (primary N) is 2. The molecule has 0 saturated heterocycles. The van der Waals surface area contributed by atoms with Gasteiger partial charge in [-0.1, -0.05) is 15.9 Å². The van der Waals surface area contributed by atoms with Gasteiger partial charge >= 0.3 is 0 Å². The van der Waals surface area contributed by atoms with Crippen LogP contribution in [0.3, 0.4) is 0 Å². The topological polar surface area (TPSA) is 55.3 Å². The van der Waals surface area contributed by atoms with Crippen LogP contribution in [0, 0.1) is 0 Å². The summed E-state index contributed by atoms with van der Waals surface area (Å²) >= 11 is 8.01. The average molecular weight is 246 g/mol. The first-order valence-corrected chi connectivity index (χ1v) is 4.41. The monoisotopic (exact) mass is 245 g/mol. The van der Waals surface area contributed by atoms with Crippen molar-refractivity contribution in [1.82, 2.24) is 0 Å². The van der Waals surface area contributed by atoms with Crippen molar-refractivity contribution in [2.45, 2.75) is 0 Å². The van der Waals surface area contributed by atoms with Crippen molar-refractivity contribution in [3.63, 3.8) is 0 Å². The second-order valence-corrected chi connectivity index (χ2v) is 3.52. The lowest BCUT2D eigenvalue weighted by atomic mass is 10.3. The highest BCUT2D eigenvalue weighted by atomic mass is 79.9. The smallest absolute Gasteiger partial charge is 0.185 e. The maximum Gasteiger partial charge on any atom is 0.185 e. The summed E-state index contributed by atoms with van der Waals surface area (Å²) < 4.78 is 0.989. The number of benzene rings is 1. The minimum absolute atomic E-state index is 0.150. The summed E-state index contributed by atoms with van der Waals surface area (Å²) in [6.45, 7) is 0. The molecule has 0 aromatic heterocycles. The molecule has 0 spiro atoms. The van der Waals surface area contributed by atoms with Gasteiger partial charge < -0.3 is 5.73 Å². The maximum atomic E-state index is 5.54. The van der Waals surface area contributed by atoms with Crippen LogP contribution in [0.5, 0.6) is 0 Å². The van der Waals surface area contributed by atoms with Gasteiger partial charge in [-0.05, 0) is 36.5 Å². The summed E-state index contributed by atoms with van der Waals surface area (Å²) in [5.74, 6) is 5.54. The number of hydrogen-bond donors (Lipinski definition) is 2. The van der Waals surface area contributed by atoms with Crippen LogP contribution in [0.4, 0.5) is 5.69 Å². The third-order valence-electron chi connectivity index (χ3n) is 1.34. The summed E-state index contributed by atoms with van der Waals surface area (Å²) in [6, 6.07) is 7.38. The van der Waals surface area contributed by atoms with Gasteiger partial charge in [-0.15, -0.1) is 0 Å². The zero-order valence-electron chi connectivity index (χ0n) is 6.20. The van der Waals surface area contributed by atoms with Crippen molar-refractivity contribution in [3.05, 3.63) is 28.7 Å². The largest absolute Gasteiger partial charge is 0.375 e. The van der Waals surface area contributed by atoms with Crippen LogP contribution in [-0.4, -0.2) is 5.11 Å². The van der Waals surface area contributed by atoms with E-state index in [2.05, 4.69) is 15.9 Å². The molecule has 5 heteroatoms. The van der Waals surface area contributed by atoms with Crippen molar-refractivity contribution < 1.29 is 0 Å². The van der Waals surface area contributed by atoms with Gasteiger partial charge in [0.25, 0.3) is 0 Å². The number of rotatable bonds is 1. The van der Waals surface area contributed by atoms with E-state index in [4.69, 9.17) is 23.8 Å². The highest BCUT2D eigenvalue weighted by Gasteiger charge is 2.02. The Balaban J connectivity index is 2.89. The molecule has 1 aromatic rings. The van der Waals surface area contributed by atoms with E-state index in [1.54, 1.807) is 0 Å². The van der Waals surface area contributed by atoms with Crippen molar-refractivity contribution in [3.8, 4) is 0 Å². The number of anilines is 1. The van der Waals surface area contributed by atoms with Crippen LogP contribution in [0.25, 0.3) is 0 Å². The molecule has 0 heterocycles. The van der Waals surface area contributed by atoms with Crippen molar-refractivity contribution >= 4 is 38.9 Å². The second kappa shape index (κ2) is 3.84. The van der Waals surface area contributed by atoms with Gasteiger partial charge in [-0.3, -0.25) is 5.01 Å². The molecule has 0 bridgehead atoms. The molecule has 3 nitrogen and oxygen atoms in total. The molecule has 0 atom stereocenters. The second-order valence-electron chi connectivity index (χ2n) is 2.18. The van der Waals surface area contributed by atoms with E-state index in [-0.39, 0.29) is 5.11 Å². The lowest BCUT2D eigenvalue weighted by molar-refractivity contribution is 1.13. The molecule has 1 rings (SSSR count). The fourth-order valence-electron chi connectivity index (χ4n) is 0.729. The Kier molecular flexibility index (Phi) is 3.02. The van der Waals surface area contributed by atoms with Crippen molar-refractivity contribution in [2.24, 2.45) is 11.6 Å². The molecule has 0 aliphatic carbocycles. The SMILES string of the molecule is NC(=S)N(N)c1ccc(Br)cc1. The molecule has 0 fully saturated rings. The molecule has 4 N–H and O–H groups in total. The average Bonchev–Trinajstić information content (AvgIpc) is 2.04. The molecular formula is C7H8BrN3S. The van der Waals surface area contributed by atoms with Crippen molar-refractivity contribution in [1.29, 1.82) is 0 Å². The molecule has 0 unspecified atom stereocenters. The van der Waals surface area contributed by atoms with E-state index in [9.17, 15) is 0 Å². The first-order chi connectivity index (χ1) is 5.61. The molecule has 0 saturated carbocycles. The fraction of sp³-hybridized carbons (Fsp3) is 0. The van der Waals surface area contributed by atoms with E-state index in [0.717, 1.165) is 10.2 Å². The number of thiocarbonyl (C=S) groups is 1. The summed E-state index contributed by atoms with van der Waals surface area (Å²) in [4.78, 5) is 0. The van der Waals surface area contributed by atoms with Crippen molar-refractivity contribution in [2.75, 3.05) is 5.01 Å². The molecule has 0 aliphatic heterocycles. The molecule has 0 amide bonds. The number of halogens is 1. The molecule has 64 valence electrons. The summed E-state index contributed by atoms with van der Waals surface area (Å²) in [6.07, 6.45) is 0. The van der Waals surface area contributed by atoms with Crippen LogP contribution in [0.2, 0.25) is 0 Å². The highest BCUT2D eigenvalue weighted by molar-refractivity contribution is 9.10. The van der Waals surface area contributed by atoms with E-state index in [1.165, 1.54) is 5.01 Å². The minimum atomic E-state index is 0.150. The number of nitrogens with zero attached hydrogens (tertiary/aromatic N) is 1. The Morgan fingerprint density at radius 3 is 2.25 bits per heavy atom. The Labute approximate surface area is 84.4 Å². The zero-order chi connectivity index (χ0) is 9.14. The van der Waals surface area contributed by atoms with E-state index in [1.807, 2.05) is 24.3 Å². The van der Waals surface area contributed by atoms with Crippen LogP contribution in [-0.2, 0) is 0 Å². The Morgan fingerprint density at radius 2 is 1.83 bits per heavy atom. The summed E-state index contributed by atoms with van der Waals surface area (Å²) in [5.41, 5.74) is 6.10. The minimum Gasteiger partial charge on any atom is -0.375 e. The predicted molar refractivity (Wildman–Crippen MR) is 57.6 cm³/mol. The number of hydrazine groups is 1. The lowest BCUT2D eigenvalue weighted by Crippen LogP contribution is -2.41. The maximum absolute atomic E-state index is 5.54. The molecule has 0 aliphatic rings. The lowest BCUT2D eigenvalue weighted by Gasteiger charge is -2.15. The fourth-order valence-corrected chi connectivity index (χ4v) is 1.10. The van der Waals surface area contributed by atoms with E-state index >= 15 is 0 Å². The van der Waals surface area contributed by atoms with Gasteiger partial charge in [-0.2, -0.15) is 0 Å².